The van der Waals surface area contributed by atoms with E-state index in [0.717, 1.165) is 41.8 Å². The summed E-state index contributed by atoms with van der Waals surface area (Å²) in [5.74, 6) is 0. The molecule has 0 aliphatic heterocycles. The summed E-state index contributed by atoms with van der Waals surface area (Å²) in [5, 5.41) is 11.3. The van der Waals surface area contributed by atoms with Crippen LogP contribution in [0.25, 0.3) is 0 Å². The topological polar surface area (TPSA) is 20.2 Å². The highest BCUT2D eigenvalue weighted by molar-refractivity contribution is 6.34. The van der Waals surface area contributed by atoms with Crippen molar-refractivity contribution in [1.82, 2.24) is 0 Å². The molecule has 1 N–H and O–H groups in total. The highest BCUT2D eigenvalue weighted by Gasteiger charge is 2.21. The van der Waals surface area contributed by atoms with Crippen LogP contribution in [-0.2, 0) is 6.42 Å². The molecule has 1 aliphatic carbocycles. The normalized spacial score (nSPS) is 21.5. The lowest BCUT2D eigenvalue weighted by molar-refractivity contribution is 0.167. The first-order valence-corrected chi connectivity index (χ1v) is 5.60. The average Bonchev–Trinajstić information content (AvgIpc) is 2.35. The molecule has 1 unspecified atom stereocenters. The minimum absolute atomic E-state index is 0.446. The van der Waals surface area contributed by atoms with Gasteiger partial charge in [-0.3, -0.25) is 0 Å². The third kappa shape index (κ3) is 1.77. The number of aliphatic hydroxyl groups excluding tert-OH is 1. The van der Waals surface area contributed by atoms with Crippen LogP contribution in [-0.4, -0.2) is 5.11 Å². The van der Waals surface area contributed by atoms with Crippen LogP contribution in [0.3, 0.4) is 0 Å². The van der Waals surface area contributed by atoms with Crippen LogP contribution in [0.4, 0.5) is 0 Å². The number of fused-ring (bicyclic) bond motifs is 1. The average molecular weight is 231 g/mol. The molecule has 1 atom stereocenters. The molecule has 0 heterocycles. The molecule has 0 bridgehead atoms. The smallest absolute Gasteiger partial charge is 0.0807 e. The first-order chi connectivity index (χ1) is 6.70. The minimum atomic E-state index is -0.446. The third-order valence-electron chi connectivity index (χ3n) is 2.73. The van der Waals surface area contributed by atoms with Crippen molar-refractivity contribution in [2.24, 2.45) is 0 Å². The molecule has 0 fully saturated rings. The van der Waals surface area contributed by atoms with Gasteiger partial charge in [0.1, 0.15) is 0 Å². The van der Waals surface area contributed by atoms with Crippen LogP contribution in [0, 0.1) is 0 Å². The van der Waals surface area contributed by atoms with Gasteiger partial charge in [0.15, 0.2) is 0 Å². The van der Waals surface area contributed by atoms with Crippen LogP contribution >= 0.6 is 23.2 Å². The standard InChI is InChI=1S/C11H12Cl2O/c12-8-5-6-9(13)11-7(8)3-1-2-4-10(11)14/h5-6,10,14H,1-4H2. The maximum absolute atomic E-state index is 9.90. The van der Waals surface area contributed by atoms with Gasteiger partial charge in [0.25, 0.3) is 0 Å². The predicted molar refractivity (Wildman–Crippen MR) is 59.0 cm³/mol. The van der Waals surface area contributed by atoms with Gasteiger partial charge in [0.05, 0.1) is 6.10 Å². The van der Waals surface area contributed by atoms with Crippen molar-refractivity contribution in [3.05, 3.63) is 33.3 Å². The van der Waals surface area contributed by atoms with Gasteiger partial charge in [-0.1, -0.05) is 29.6 Å². The molecule has 0 aromatic heterocycles. The molecule has 1 aliphatic rings. The zero-order valence-electron chi connectivity index (χ0n) is 7.76. The number of rotatable bonds is 0. The van der Waals surface area contributed by atoms with Crippen molar-refractivity contribution in [1.29, 1.82) is 0 Å². The molecular weight excluding hydrogens is 219 g/mol. The van der Waals surface area contributed by atoms with E-state index in [-0.39, 0.29) is 0 Å². The maximum Gasteiger partial charge on any atom is 0.0807 e. The number of halogens is 2. The minimum Gasteiger partial charge on any atom is -0.388 e. The maximum atomic E-state index is 9.90. The summed E-state index contributed by atoms with van der Waals surface area (Å²) < 4.78 is 0. The van der Waals surface area contributed by atoms with E-state index in [9.17, 15) is 5.11 Å². The molecule has 1 aromatic rings. The van der Waals surface area contributed by atoms with Gasteiger partial charge in [0, 0.05) is 15.6 Å². The second-order valence-electron chi connectivity index (χ2n) is 3.68. The highest BCUT2D eigenvalue weighted by atomic mass is 35.5. The zero-order chi connectivity index (χ0) is 10.1. The Morgan fingerprint density at radius 1 is 1.14 bits per heavy atom. The second-order valence-corrected chi connectivity index (χ2v) is 4.50. The summed E-state index contributed by atoms with van der Waals surface area (Å²) in [4.78, 5) is 0. The van der Waals surface area contributed by atoms with Gasteiger partial charge in [-0.05, 0) is 37.0 Å². The molecule has 0 saturated heterocycles. The van der Waals surface area contributed by atoms with Crippen molar-refractivity contribution in [3.8, 4) is 0 Å². The summed E-state index contributed by atoms with van der Waals surface area (Å²) in [6.45, 7) is 0. The van der Waals surface area contributed by atoms with Crippen LogP contribution in [0.15, 0.2) is 12.1 Å². The molecule has 1 nitrogen and oxygen atoms in total. The Bertz CT molecular complexity index is 349. The molecular formula is C11H12Cl2O. The lowest BCUT2D eigenvalue weighted by Crippen LogP contribution is -2.00. The summed E-state index contributed by atoms with van der Waals surface area (Å²) in [5.41, 5.74) is 1.88. The fourth-order valence-corrected chi connectivity index (χ4v) is 2.57. The Hall–Kier alpha value is -0.240. The third-order valence-corrected chi connectivity index (χ3v) is 3.42. The molecule has 0 saturated carbocycles. The van der Waals surface area contributed by atoms with Gasteiger partial charge in [-0.15, -0.1) is 0 Å². The van der Waals surface area contributed by atoms with Crippen LogP contribution < -0.4 is 0 Å². The Kier molecular flexibility index (Phi) is 3.01. The molecule has 0 spiro atoms. The summed E-state index contributed by atoms with van der Waals surface area (Å²) in [7, 11) is 0. The molecule has 0 radical (unpaired) electrons. The Morgan fingerprint density at radius 2 is 1.86 bits per heavy atom. The first kappa shape index (κ1) is 10.3. The fourth-order valence-electron chi connectivity index (χ4n) is 2.01. The predicted octanol–water partition coefficient (Wildman–Crippen LogP) is 3.75. The van der Waals surface area contributed by atoms with E-state index >= 15 is 0 Å². The van der Waals surface area contributed by atoms with Crippen LogP contribution in [0.5, 0.6) is 0 Å². The monoisotopic (exact) mass is 230 g/mol. The quantitative estimate of drug-likeness (QED) is 0.674. The van der Waals surface area contributed by atoms with E-state index in [4.69, 9.17) is 23.2 Å². The van der Waals surface area contributed by atoms with Crippen LogP contribution in [0.1, 0.15) is 36.5 Å². The van der Waals surface area contributed by atoms with Gasteiger partial charge in [-0.2, -0.15) is 0 Å². The molecule has 76 valence electrons. The lowest BCUT2D eigenvalue weighted by atomic mass is 10.0. The van der Waals surface area contributed by atoms with Crippen molar-refractivity contribution in [2.75, 3.05) is 0 Å². The summed E-state index contributed by atoms with van der Waals surface area (Å²) >= 11 is 12.1. The number of benzene rings is 1. The van der Waals surface area contributed by atoms with Gasteiger partial charge in [-0.25, -0.2) is 0 Å². The van der Waals surface area contributed by atoms with Gasteiger partial charge >= 0.3 is 0 Å². The van der Waals surface area contributed by atoms with E-state index in [1.165, 1.54) is 0 Å². The number of aliphatic hydroxyl groups is 1. The van der Waals surface area contributed by atoms with Crippen molar-refractivity contribution in [2.45, 2.75) is 31.8 Å². The fraction of sp³-hybridized carbons (Fsp3) is 0.455. The lowest BCUT2D eigenvalue weighted by Gasteiger charge is -2.14. The van der Waals surface area contributed by atoms with E-state index in [0.29, 0.717) is 5.02 Å². The van der Waals surface area contributed by atoms with Gasteiger partial charge in [0.2, 0.25) is 0 Å². The molecule has 3 heteroatoms. The molecule has 14 heavy (non-hydrogen) atoms. The molecule has 0 amide bonds. The van der Waals surface area contributed by atoms with Crippen molar-refractivity contribution in [3.63, 3.8) is 0 Å². The summed E-state index contributed by atoms with van der Waals surface area (Å²) in [6, 6.07) is 3.57. The number of hydrogen-bond donors (Lipinski definition) is 1. The Morgan fingerprint density at radius 3 is 2.64 bits per heavy atom. The number of hydrogen-bond acceptors (Lipinski definition) is 1. The van der Waals surface area contributed by atoms with Crippen LogP contribution in [0.2, 0.25) is 10.0 Å². The molecule has 2 rings (SSSR count). The summed E-state index contributed by atoms with van der Waals surface area (Å²) in [6.07, 6.45) is 3.37. The van der Waals surface area contributed by atoms with E-state index in [2.05, 4.69) is 0 Å². The first-order valence-electron chi connectivity index (χ1n) is 4.85. The van der Waals surface area contributed by atoms with E-state index in [1.807, 2.05) is 0 Å². The molecule has 1 aromatic carbocycles. The SMILES string of the molecule is OC1CCCCc2c(Cl)ccc(Cl)c21. The van der Waals surface area contributed by atoms with Gasteiger partial charge < -0.3 is 5.11 Å². The second kappa shape index (κ2) is 4.09. The van der Waals surface area contributed by atoms with E-state index < -0.39 is 6.10 Å². The Labute approximate surface area is 93.7 Å². The van der Waals surface area contributed by atoms with Crippen molar-refractivity contribution < 1.29 is 5.11 Å². The van der Waals surface area contributed by atoms with E-state index in [1.54, 1.807) is 12.1 Å². The zero-order valence-corrected chi connectivity index (χ0v) is 9.28. The highest BCUT2D eigenvalue weighted by Crippen LogP contribution is 2.37. The Balaban J connectivity index is 2.57. The van der Waals surface area contributed by atoms with Crippen molar-refractivity contribution >= 4 is 23.2 Å². The largest absolute Gasteiger partial charge is 0.388 e.